The van der Waals surface area contributed by atoms with Gasteiger partial charge >= 0.3 is 0 Å². The molecule has 0 radical (unpaired) electrons. The summed E-state index contributed by atoms with van der Waals surface area (Å²) in [6.07, 6.45) is 10.8. The van der Waals surface area contributed by atoms with E-state index < -0.39 is 18.3 Å². The van der Waals surface area contributed by atoms with Gasteiger partial charge in [-0.2, -0.15) is 0 Å². The minimum atomic E-state index is -1.06. The number of allylic oxidation sites excluding steroid dienone is 3. The molecule has 0 bridgehead atoms. The summed E-state index contributed by atoms with van der Waals surface area (Å²) >= 11 is 1.54. The summed E-state index contributed by atoms with van der Waals surface area (Å²) in [5, 5.41) is 32.3. The molecule has 1 heterocycles. The highest BCUT2D eigenvalue weighted by atomic mass is 32.1. The van der Waals surface area contributed by atoms with Crippen LogP contribution in [0.5, 0.6) is 0 Å². The molecule has 4 nitrogen and oxygen atoms in total. The number of ketones is 1. The van der Waals surface area contributed by atoms with Crippen molar-refractivity contribution >= 4 is 17.1 Å². The fourth-order valence-electron chi connectivity index (χ4n) is 7.29. The lowest BCUT2D eigenvalue weighted by Crippen LogP contribution is -2.46. The molecule has 5 heteroatoms. The fraction of sp³-hybridized carbons (Fsp3) is 0.690. The second-order valence-electron chi connectivity index (χ2n) is 11.4. The molecule has 4 rings (SSSR count). The van der Waals surface area contributed by atoms with E-state index in [1.807, 2.05) is 24.4 Å². The SMILES string of the molecule is C[C@H](CCCC(=O)c1cccs1)[C@H]1CC[C@H]2/C(=C/C=C3/C[C@@H](O)[C@H](O)[C@H](O)[C@H]3C)CCC[C@]12C. The van der Waals surface area contributed by atoms with Gasteiger partial charge in [0.2, 0.25) is 0 Å². The van der Waals surface area contributed by atoms with Crippen molar-refractivity contribution in [3.63, 3.8) is 0 Å². The molecular weight excluding hydrogens is 444 g/mol. The van der Waals surface area contributed by atoms with E-state index in [1.165, 1.54) is 31.3 Å². The predicted molar refractivity (Wildman–Crippen MR) is 138 cm³/mol. The number of aliphatic hydroxyl groups excluding tert-OH is 3. The molecule has 0 spiro atoms. The second kappa shape index (κ2) is 10.8. The molecule has 3 aliphatic rings. The Bertz CT molecular complexity index is 903. The Morgan fingerprint density at radius 2 is 1.97 bits per heavy atom. The summed E-state index contributed by atoms with van der Waals surface area (Å²) in [4.78, 5) is 13.3. The fourth-order valence-corrected chi connectivity index (χ4v) is 7.98. The molecule has 1 aromatic heterocycles. The summed E-state index contributed by atoms with van der Waals surface area (Å²) in [6, 6.07) is 3.88. The lowest BCUT2D eigenvalue weighted by atomic mass is 9.60. The van der Waals surface area contributed by atoms with E-state index in [2.05, 4.69) is 26.0 Å². The average Bonchev–Trinajstić information content (AvgIpc) is 3.47. The molecule has 0 aliphatic heterocycles. The van der Waals surface area contributed by atoms with Crippen LogP contribution in [0.25, 0.3) is 0 Å². The molecule has 34 heavy (non-hydrogen) atoms. The molecule has 3 fully saturated rings. The standard InChI is InChI=1S/C29H42O4S/c1-18(7-4-9-24(30)26-10-6-16-34-26)22-13-14-23-20(8-5-15-29(22,23)3)11-12-21-17-25(31)28(33)27(32)19(21)2/h6,10-12,16,18-19,22-23,25,27-28,31-33H,4-5,7-9,13-15,17H2,1-3H3/b20-11+,21-12-/t18-,19+,22-,23+,25-,27-,28+,29-/m1/s1. The zero-order valence-corrected chi connectivity index (χ0v) is 21.8. The van der Waals surface area contributed by atoms with Gasteiger partial charge in [-0.05, 0) is 86.0 Å². The quantitative estimate of drug-likeness (QED) is 0.418. The predicted octanol–water partition coefficient (Wildman–Crippen LogP) is 5.93. The number of hydrogen-bond acceptors (Lipinski definition) is 5. The largest absolute Gasteiger partial charge is 0.390 e. The third-order valence-corrected chi connectivity index (χ3v) is 10.3. The van der Waals surface area contributed by atoms with Gasteiger partial charge in [0.05, 0.1) is 17.1 Å². The number of rotatable bonds is 7. The topological polar surface area (TPSA) is 77.8 Å². The molecule has 3 N–H and O–H groups in total. The van der Waals surface area contributed by atoms with E-state index in [9.17, 15) is 20.1 Å². The van der Waals surface area contributed by atoms with Gasteiger partial charge in [-0.3, -0.25) is 4.79 Å². The van der Waals surface area contributed by atoms with Gasteiger partial charge < -0.3 is 15.3 Å². The smallest absolute Gasteiger partial charge is 0.172 e. The Labute approximate surface area is 208 Å². The molecule has 3 saturated carbocycles. The van der Waals surface area contributed by atoms with Crippen LogP contribution in [0.1, 0.15) is 88.2 Å². The number of aliphatic hydroxyl groups is 3. The Hall–Kier alpha value is -1.27. The third-order valence-electron chi connectivity index (χ3n) is 9.38. The Morgan fingerprint density at radius 1 is 1.21 bits per heavy atom. The van der Waals surface area contributed by atoms with Crippen molar-refractivity contribution in [3.05, 3.63) is 45.7 Å². The maximum Gasteiger partial charge on any atom is 0.172 e. The van der Waals surface area contributed by atoms with E-state index in [-0.39, 0.29) is 11.7 Å². The van der Waals surface area contributed by atoms with E-state index in [1.54, 1.807) is 11.3 Å². The van der Waals surface area contributed by atoms with Crippen LogP contribution in [0.3, 0.4) is 0 Å². The Morgan fingerprint density at radius 3 is 2.71 bits per heavy atom. The molecule has 3 aliphatic carbocycles. The highest BCUT2D eigenvalue weighted by molar-refractivity contribution is 7.12. The van der Waals surface area contributed by atoms with Crippen molar-refractivity contribution in [2.24, 2.45) is 29.1 Å². The highest BCUT2D eigenvalue weighted by Gasteiger charge is 2.50. The maximum atomic E-state index is 12.4. The van der Waals surface area contributed by atoms with Crippen molar-refractivity contribution in [3.8, 4) is 0 Å². The van der Waals surface area contributed by atoms with Crippen molar-refractivity contribution in [2.45, 2.75) is 96.9 Å². The molecular formula is C29H42O4S. The van der Waals surface area contributed by atoms with Crippen molar-refractivity contribution < 1.29 is 20.1 Å². The lowest BCUT2D eigenvalue weighted by molar-refractivity contribution is -0.0893. The molecule has 188 valence electrons. The lowest BCUT2D eigenvalue weighted by Gasteiger charge is -2.44. The summed E-state index contributed by atoms with van der Waals surface area (Å²) in [6.45, 7) is 6.83. The van der Waals surface area contributed by atoms with Crippen LogP contribution in [0.15, 0.2) is 40.8 Å². The number of hydrogen-bond donors (Lipinski definition) is 3. The van der Waals surface area contributed by atoms with Crippen LogP contribution in [0.4, 0.5) is 0 Å². The van der Waals surface area contributed by atoms with Gasteiger partial charge in [-0.1, -0.05) is 50.1 Å². The summed E-state index contributed by atoms with van der Waals surface area (Å²) in [5.41, 5.74) is 2.86. The van der Waals surface area contributed by atoms with Crippen molar-refractivity contribution in [1.29, 1.82) is 0 Å². The zero-order valence-electron chi connectivity index (χ0n) is 21.0. The van der Waals surface area contributed by atoms with Crippen LogP contribution < -0.4 is 0 Å². The number of carbonyl (C=O) groups is 1. The monoisotopic (exact) mass is 486 g/mol. The first-order valence-corrected chi connectivity index (χ1v) is 14.1. The highest BCUT2D eigenvalue weighted by Crippen LogP contribution is 2.60. The Kier molecular flexibility index (Phi) is 8.18. The van der Waals surface area contributed by atoms with E-state index in [0.717, 1.165) is 29.7 Å². The van der Waals surface area contributed by atoms with E-state index in [4.69, 9.17) is 0 Å². The summed E-state index contributed by atoms with van der Waals surface area (Å²) < 4.78 is 0. The summed E-state index contributed by atoms with van der Waals surface area (Å²) in [7, 11) is 0. The molecule has 0 amide bonds. The first-order valence-electron chi connectivity index (χ1n) is 13.2. The van der Waals surface area contributed by atoms with E-state index >= 15 is 0 Å². The molecule has 0 unspecified atom stereocenters. The number of Topliss-reactive ketones (excluding diaryl/α,β-unsaturated/α-hetero) is 1. The van der Waals surface area contributed by atoms with Gasteiger partial charge in [-0.25, -0.2) is 0 Å². The van der Waals surface area contributed by atoms with Gasteiger partial charge in [0.25, 0.3) is 0 Å². The zero-order chi connectivity index (χ0) is 24.5. The number of carbonyl (C=O) groups excluding carboxylic acids is 1. The van der Waals surface area contributed by atoms with E-state index in [0.29, 0.717) is 36.0 Å². The van der Waals surface area contributed by atoms with Crippen LogP contribution in [-0.2, 0) is 0 Å². The maximum absolute atomic E-state index is 12.4. The Balaban J connectivity index is 1.39. The third kappa shape index (κ3) is 5.13. The van der Waals surface area contributed by atoms with Crippen LogP contribution in [0, 0.1) is 29.1 Å². The number of fused-ring (bicyclic) bond motifs is 1. The first-order chi connectivity index (χ1) is 16.2. The molecule has 0 aromatic carbocycles. The van der Waals surface area contributed by atoms with Crippen LogP contribution in [0.2, 0.25) is 0 Å². The second-order valence-corrected chi connectivity index (χ2v) is 12.3. The molecule has 1 aromatic rings. The van der Waals surface area contributed by atoms with Crippen LogP contribution >= 0.6 is 11.3 Å². The molecule has 8 atom stereocenters. The first kappa shape index (κ1) is 25.8. The summed E-state index contributed by atoms with van der Waals surface area (Å²) in [5.74, 6) is 2.05. The van der Waals surface area contributed by atoms with Crippen molar-refractivity contribution in [1.82, 2.24) is 0 Å². The van der Waals surface area contributed by atoms with Gasteiger partial charge in [-0.15, -0.1) is 11.3 Å². The number of thiophene rings is 1. The normalized spacial score (nSPS) is 39.4. The van der Waals surface area contributed by atoms with Crippen LogP contribution in [-0.4, -0.2) is 39.4 Å². The minimum Gasteiger partial charge on any atom is -0.390 e. The van der Waals surface area contributed by atoms with Gasteiger partial charge in [0, 0.05) is 12.3 Å². The molecule has 0 saturated heterocycles. The van der Waals surface area contributed by atoms with Gasteiger partial charge in [0.15, 0.2) is 5.78 Å². The average molecular weight is 487 g/mol. The minimum absolute atomic E-state index is 0.140. The van der Waals surface area contributed by atoms with Gasteiger partial charge in [0.1, 0.15) is 6.10 Å². The van der Waals surface area contributed by atoms with Crippen molar-refractivity contribution in [2.75, 3.05) is 0 Å².